The minimum absolute atomic E-state index is 0.00327. The van der Waals surface area contributed by atoms with E-state index >= 15 is 0 Å². The molecule has 3 N–H and O–H groups in total. The average molecular weight is 895 g/mol. The summed E-state index contributed by atoms with van der Waals surface area (Å²) in [6, 6.07) is 8.35. The number of aliphatic hydroxyl groups is 3. The van der Waals surface area contributed by atoms with Crippen molar-refractivity contribution >= 4 is 12.1 Å². The molecule has 16 nitrogen and oxygen atoms in total. The molecule has 4 aliphatic rings. The van der Waals surface area contributed by atoms with Gasteiger partial charge in [-0.05, 0) is 100 Å². The molecule has 18 atom stereocenters. The molecule has 0 bridgehead atoms. The molecule has 0 amide bonds. The van der Waals surface area contributed by atoms with Crippen molar-refractivity contribution in [2.24, 2.45) is 17.8 Å². The zero-order chi connectivity index (χ0) is 46.8. The Labute approximate surface area is 375 Å². The molecule has 16 heteroatoms. The molecule has 0 radical (unpaired) electrons. The van der Waals surface area contributed by atoms with Crippen molar-refractivity contribution in [3.63, 3.8) is 0 Å². The molecule has 4 fully saturated rings. The number of hydrogen-bond donors (Lipinski definition) is 3. The minimum atomic E-state index is -1.82. The molecular formula is C47H78N2O14. The molecule has 1 spiro atoms. The Balaban J connectivity index is 1.57. The van der Waals surface area contributed by atoms with E-state index in [4.69, 9.17) is 42.6 Å². The van der Waals surface area contributed by atoms with Gasteiger partial charge in [0.05, 0.1) is 48.6 Å². The van der Waals surface area contributed by atoms with Gasteiger partial charge in [0, 0.05) is 32.0 Å². The lowest BCUT2D eigenvalue weighted by molar-refractivity contribution is -0.315. The lowest BCUT2D eigenvalue weighted by atomic mass is 9.77. The van der Waals surface area contributed by atoms with Crippen LogP contribution < -0.4 is 0 Å². The molecule has 5 rings (SSSR count). The summed E-state index contributed by atoms with van der Waals surface area (Å²) in [7, 11) is 7.24. The molecule has 0 aromatic heterocycles. The van der Waals surface area contributed by atoms with E-state index in [1.165, 1.54) is 6.92 Å². The fourth-order valence-corrected chi connectivity index (χ4v) is 10.4. The van der Waals surface area contributed by atoms with Gasteiger partial charge in [-0.2, -0.15) is 0 Å². The quantitative estimate of drug-likeness (QED) is 0.217. The van der Waals surface area contributed by atoms with Gasteiger partial charge in [0.25, 0.3) is 0 Å². The monoisotopic (exact) mass is 895 g/mol. The number of rotatable bonds is 10. The summed E-state index contributed by atoms with van der Waals surface area (Å²) in [5.74, 6) is -2.71. The molecule has 4 aliphatic heterocycles. The number of hydrogen-bond acceptors (Lipinski definition) is 16. The first-order chi connectivity index (χ1) is 29.4. The Morgan fingerprint density at radius 3 is 2.21 bits per heavy atom. The summed E-state index contributed by atoms with van der Waals surface area (Å²) >= 11 is 0. The second kappa shape index (κ2) is 20.6. The second-order valence-corrected chi connectivity index (χ2v) is 19.9. The Kier molecular flexibility index (Phi) is 16.8. The number of ether oxygens (including phenoxy) is 9. The summed E-state index contributed by atoms with van der Waals surface area (Å²) in [6.07, 6.45) is -8.15. The van der Waals surface area contributed by atoms with E-state index in [0.29, 0.717) is 19.6 Å². The van der Waals surface area contributed by atoms with Gasteiger partial charge in [0.1, 0.15) is 35.6 Å². The largest absolute Gasteiger partial charge is 0.509 e. The van der Waals surface area contributed by atoms with Gasteiger partial charge in [-0.3, -0.25) is 4.79 Å². The molecule has 0 unspecified atom stereocenters. The molecule has 1 aromatic carbocycles. The standard InChI is InChI=1S/C47H78N2O14/c1-15-35-46(10,54)39(50)31(6)49(13)24-27(2)22-44(8,53)40(29(4)37(30(5)41(51)60-35)61-36-23-45(9,55-14)47(26-57-47)32(7)59-36)63-42-38(34(48(11)12)21-28(3)58-42)62-43(52)56-25-33-19-17-16-18-20-33/h16-20,27-32,34-40,42,50,53-54H,15,21-26H2,1-14H3/t27-,28-,29+,30-,31-,32+,34+,35-,36+,37+,38-,39-,40-,42+,44+,45-,46-,47+/m1/s1. The summed E-state index contributed by atoms with van der Waals surface area (Å²) in [5, 5.41) is 36.4. The number of carbonyl (C=O) groups excluding carboxylic acids is 2. The number of epoxide rings is 1. The molecule has 4 saturated heterocycles. The number of aliphatic hydroxyl groups excluding tert-OH is 1. The maximum atomic E-state index is 14.5. The Morgan fingerprint density at radius 2 is 1.62 bits per heavy atom. The van der Waals surface area contributed by atoms with Gasteiger partial charge in [-0.1, -0.05) is 51.1 Å². The summed E-state index contributed by atoms with van der Waals surface area (Å²) in [5.41, 5.74) is -4.12. The topological polar surface area (TPSA) is 188 Å². The van der Waals surface area contributed by atoms with Crippen LogP contribution in [-0.4, -0.2) is 168 Å². The third kappa shape index (κ3) is 11.4. The lowest BCUT2D eigenvalue weighted by Gasteiger charge is -2.49. The zero-order valence-electron chi connectivity index (χ0n) is 40.1. The van der Waals surface area contributed by atoms with Gasteiger partial charge < -0.3 is 67.8 Å². The van der Waals surface area contributed by atoms with E-state index < -0.39 is 102 Å². The van der Waals surface area contributed by atoms with E-state index in [1.807, 2.05) is 95.9 Å². The van der Waals surface area contributed by atoms with E-state index in [-0.39, 0.29) is 43.9 Å². The van der Waals surface area contributed by atoms with Crippen molar-refractivity contribution in [1.29, 1.82) is 0 Å². The number of methoxy groups -OCH3 is 1. The summed E-state index contributed by atoms with van der Waals surface area (Å²) in [6.45, 7) is 18.9. The number of nitrogens with zero attached hydrogens (tertiary/aromatic N) is 2. The van der Waals surface area contributed by atoms with Crippen LogP contribution in [0.15, 0.2) is 30.3 Å². The van der Waals surface area contributed by atoms with Crippen LogP contribution in [0, 0.1) is 17.8 Å². The van der Waals surface area contributed by atoms with E-state index in [2.05, 4.69) is 0 Å². The summed E-state index contributed by atoms with van der Waals surface area (Å²) < 4.78 is 56.8. The highest BCUT2D eigenvalue weighted by atomic mass is 16.8. The molecule has 63 heavy (non-hydrogen) atoms. The molecule has 0 aliphatic carbocycles. The Morgan fingerprint density at radius 1 is 0.968 bits per heavy atom. The third-order valence-corrected chi connectivity index (χ3v) is 14.5. The Bertz CT molecular complexity index is 1640. The predicted octanol–water partition coefficient (Wildman–Crippen LogP) is 4.67. The highest BCUT2D eigenvalue weighted by molar-refractivity contribution is 5.73. The predicted molar refractivity (Wildman–Crippen MR) is 232 cm³/mol. The van der Waals surface area contributed by atoms with Crippen molar-refractivity contribution in [3.05, 3.63) is 35.9 Å². The van der Waals surface area contributed by atoms with Crippen molar-refractivity contribution < 1.29 is 67.5 Å². The SMILES string of the molecule is CC[C@H]1OC(=O)[C@H](C)[C@@H](O[C@H]2C[C@@](C)(OC)[C@]3(CO3)[C@H](C)O2)[C@H](C)[C@@H](O[C@@H]2O[C@H](C)C[C@H](N(C)C)[C@H]2OC(=O)OCc2ccccc2)[C@@](C)(O)C[C@@H](C)CN(C)[C@H](C)[C@@H](O)[C@]1(C)O. The fourth-order valence-electron chi connectivity index (χ4n) is 10.4. The number of esters is 1. The van der Waals surface area contributed by atoms with Crippen LogP contribution in [0.5, 0.6) is 0 Å². The van der Waals surface area contributed by atoms with E-state index in [1.54, 1.807) is 34.8 Å². The van der Waals surface area contributed by atoms with Crippen LogP contribution in [0.25, 0.3) is 0 Å². The highest BCUT2D eigenvalue weighted by Gasteiger charge is 2.67. The fraction of sp³-hybridized carbons (Fsp3) is 0.830. The average Bonchev–Trinajstić information content (AvgIpc) is 4.04. The number of likely N-dealkylation sites (N-methyl/N-ethyl adjacent to an activating group) is 2. The van der Waals surface area contributed by atoms with Gasteiger partial charge in [-0.15, -0.1) is 0 Å². The van der Waals surface area contributed by atoms with Crippen molar-refractivity contribution in [1.82, 2.24) is 9.80 Å². The number of carbonyl (C=O) groups is 2. The molecule has 360 valence electrons. The number of benzene rings is 1. The van der Waals surface area contributed by atoms with Crippen molar-refractivity contribution in [2.45, 2.75) is 191 Å². The highest BCUT2D eigenvalue weighted by Crippen LogP contribution is 2.51. The zero-order valence-corrected chi connectivity index (χ0v) is 40.1. The first-order valence-electron chi connectivity index (χ1n) is 22.8. The third-order valence-electron chi connectivity index (χ3n) is 14.5. The van der Waals surface area contributed by atoms with Crippen LogP contribution in [0.1, 0.15) is 100 Å². The van der Waals surface area contributed by atoms with Gasteiger partial charge in [0.15, 0.2) is 18.7 Å². The molecule has 1 aromatic rings. The van der Waals surface area contributed by atoms with Crippen LogP contribution in [-0.2, 0) is 54.0 Å². The van der Waals surface area contributed by atoms with Gasteiger partial charge in [0.2, 0.25) is 0 Å². The normalized spacial score (nSPS) is 44.6. The minimum Gasteiger partial charge on any atom is -0.459 e. The first kappa shape index (κ1) is 51.5. The van der Waals surface area contributed by atoms with Crippen LogP contribution in [0.2, 0.25) is 0 Å². The van der Waals surface area contributed by atoms with Crippen molar-refractivity contribution in [2.75, 3.05) is 41.4 Å². The van der Waals surface area contributed by atoms with Gasteiger partial charge in [-0.25, -0.2) is 4.79 Å². The smallest absolute Gasteiger partial charge is 0.459 e. The second-order valence-electron chi connectivity index (χ2n) is 19.9. The lowest BCUT2D eigenvalue weighted by Crippen LogP contribution is -2.62. The van der Waals surface area contributed by atoms with Crippen LogP contribution in [0.3, 0.4) is 0 Å². The summed E-state index contributed by atoms with van der Waals surface area (Å²) in [4.78, 5) is 31.9. The van der Waals surface area contributed by atoms with Crippen LogP contribution >= 0.6 is 0 Å². The molecule has 0 saturated carbocycles. The molecular weight excluding hydrogens is 817 g/mol. The van der Waals surface area contributed by atoms with E-state index in [0.717, 1.165) is 5.56 Å². The number of cyclic esters (lactones) is 1. The van der Waals surface area contributed by atoms with Crippen LogP contribution in [0.4, 0.5) is 4.79 Å². The maximum absolute atomic E-state index is 14.5. The maximum Gasteiger partial charge on any atom is 0.509 e. The first-order valence-corrected chi connectivity index (χ1v) is 22.8. The van der Waals surface area contributed by atoms with Gasteiger partial charge >= 0.3 is 12.1 Å². The molecule has 4 heterocycles. The van der Waals surface area contributed by atoms with E-state index in [9.17, 15) is 24.9 Å². The van der Waals surface area contributed by atoms with Crippen molar-refractivity contribution in [3.8, 4) is 0 Å². The Hall–Kier alpha value is -2.48.